The summed E-state index contributed by atoms with van der Waals surface area (Å²) in [5, 5.41) is 1.31. The SMILES string of the molecule is CCCCCn1ccc2cccc(CN)c21. The van der Waals surface area contributed by atoms with E-state index in [1.54, 1.807) is 0 Å². The van der Waals surface area contributed by atoms with Gasteiger partial charge in [0.15, 0.2) is 0 Å². The number of aromatic nitrogens is 1. The molecule has 0 amide bonds. The van der Waals surface area contributed by atoms with Gasteiger partial charge in [-0.3, -0.25) is 0 Å². The fraction of sp³-hybridized carbons (Fsp3) is 0.429. The maximum absolute atomic E-state index is 5.79. The maximum Gasteiger partial charge on any atom is 0.0525 e. The van der Waals surface area contributed by atoms with Gasteiger partial charge in [0.1, 0.15) is 0 Å². The predicted octanol–water partition coefficient (Wildman–Crippen LogP) is 3.29. The Labute approximate surface area is 97.1 Å². The fourth-order valence-corrected chi connectivity index (χ4v) is 2.22. The van der Waals surface area contributed by atoms with Crippen LogP contribution < -0.4 is 5.73 Å². The summed E-state index contributed by atoms with van der Waals surface area (Å²) in [7, 11) is 0. The first-order valence-electron chi connectivity index (χ1n) is 6.13. The van der Waals surface area contributed by atoms with E-state index in [1.807, 2.05) is 0 Å². The smallest absolute Gasteiger partial charge is 0.0525 e. The number of para-hydroxylation sites is 1. The van der Waals surface area contributed by atoms with Crippen molar-refractivity contribution in [1.29, 1.82) is 0 Å². The molecule has 86 valence electrons. The molecular formula is C14H20N2. The zero-order valence-corrected chi connectivity index (χ0v) is 9.95. The predicted molar refractivity (Wildman–Crippen MR) is 69.4 cm³/mol. The van der Waals surface area contributed by atoms with Crippen molar-refractivity contribution >= 4 is 10.9 Å². The largest absolute Gasteiger partial charge is 0.347 e. The Morgan fingerprint density at radius 2 is 2.06 bits per heavy atom. The quantitative estimate of drug-likeness (QED) is 0.764. The summed E-state index contributed by atoms with van der Waals surface area (Å²) in [6.45, 7) is 3.96. The van der Waals surface area contributed by atoms with E-state index in [9.17, 15) is 0 Å². The Bertz CT molecular complexity index is 457. The highest BCUT2D eigenvalue weighted by atomic mass is 15.0. The van der Waals surface area contributed by atoms with Crippen LogP contribution in [0.1, 0.15) is 31.7 Å². The molecular weight excluding hydrogens is 196 g/mol. The average molecular weight is 216 g/mol. The number of hydrogen-bond donors (Lipinski definition) is 1. The van der Waals surface area contributed by atoms with Crippen molar-refractivity contribution in [2.45, 2.75) is 39.3 Å². The minimum atomic E-state index is 0.620. The molecule has 0 radical (unpaired) electrons. The zero-order chi connectivity index (χ0) is 11.4. The van der Waals surface area contributed by atoms with Crippen molar-refractivity contribution in [3.05, 3.63) is 36.0 Å². The molecule has 2 rings (SSSR count). The molecule has 0 aliphatic heterocycles. The van der Waals surface area contributed by atoms with Crippen molar-refractivity contribution in [3.8, 4) is 0 Å². The number of rotatable bonds is 5. The van der Waals surface area contributed by atoms with Gasteiger partial charge in [0.05, 0.1) is 5.52 Å². The average Bonchev–Trinajstić information content (AvgIpc) is 2.73. The minimum absolute atomic E-state index is 0.620. The van der Waals surface area contributed by atoms with E-state index in [-0.39, 0.29) is 0 Å². The van der Waals surface area contributed by atoms with Crippen LogP contribution >= 0.6 is 0 Å². The molecule has 1 aromatic heterocycles. The summed E-state index contributed by atoms with van der Waals surface area (Å²) >= 11 is 0. The van der Waals surface area contributed by atoms with Gasteiger partial charge in [0.2, 0.25) is 0 Å². The van der Waals surface area contributed by atoms with Gasteiger partial charge in [-0.05, 0) is 23.4 Å². The van der Waals surface area contributed by atoms with Crippen LogP contribution in [0.5, 0.6) is 0 Å². The lowest BCUT2D eigenvalue weighted by molar-refractivity contribution is 0.615. The number of unbranched alkanes of at least 4 members (excludes halogenated alkanes) is 2. The van der Waals surface area contributed by atoms with Crippen molar-refractivity contribution in [1.82, 2.24) is 4.57 Å². The first-order valence-corrected chi connectivity index (χ1v) is 6.13. The second-order valence-corrected chi connectivity index (χ2v) is 4.28. The Balaban J connectivity index is 2.30. The van der Waals surface area contributed by atoms with Crippen molar-refractivity contribution in [2.75, 3.05) is 0 Å². The lowest BCUT2D eigenvalue weighted by Crippen LogP contribution is -2.02. The van der Waals surface area contributed by atoms with Crippen LogP contribution in [0, 0.1) is 0 Å². The van der Waals surface area contributed by atoms with Gasteiger partial charge in [-0.15, -0.1) is 0 Å². The van der Waals surface area contributed by atoms with Crippen LogP contribution in [0.15, 0.2) is 30.5 Å². The van der Waals surface area contributed by atoms with E-state index < -0.39 is 0 Å². The van der Waals surface area contributed by atoms with Crippen LogP contribution in [0.2, 0.25) is 0 Å². The summed E-state index contributed by atoms with van der Waals surface area (Å²) < 4.78 is 2.34. The van der Waals surface area contributed by atoms with Gasteiger partial charge in [0, 0.05) is 19.3 Å². The zero-order valence-electron chi connectivity index (χ0n) is 9.95. The minimum Gasteiger partial charge on any atom is -0.347 e. The van der Waals surface area contributed by atoms with Gasteiger partial charge in [0.25, 0.3) is 0 Å². The van der Waals surface area contributed by atoms with E-state index in [0.29, 0.717) is 6.54 Å². The highest BCUT2D eigenvalue weighted by molar-refractivity contribution is 5.83. The van der Waals surface area contributed by atoms with E-state index in [1.165, 1.54) is 35.7 Å². The fourth-order valence-electron chi connectivity index (χ4n) is 2.22. The second kappa shape index (κ2) is 5.17. The van der Waals surface area contributed by atoms with Crippen LogP contribution in [0.3, 0.4) is 0 Å². The summed E-state index contributed by atoms with van der Waals surface area (Å²) in [4.78, 5) is 0. The van der Waals surface area contributed by atoms with Crippen LogP contribution in [-0.2, 0) is 13.1 Å². The Hall–Kier alpha value is -1.28. The topological polar surface area (TPSA) is 30.9 Å². The number of nitrogens with two attached hydrogens (primary N) is 1. The van der Waals surface area contributed by atoms with Crippen LogP contribution in [0.25, 0.3) is 10.9 Å². The van der Waals surface area contributed by atoms with Crippen LogP contribution in [-0.4, -0.2) is 4.57 Å². The lowest BCUT2D eigenvalue weighted by atomic mass is 10.1. The molecule has 0 fully saturated rings. The van der Waals surface area contributed by atoms with Gasteiger partial charge >= 0.3 is 0 Å². The molecule has 0 saturated heterocycles. The third-order valence-corrected chi connectivity index (χ3v) is 3.09. The molecule has 2 nitrogen and oxygen atoms in total. The lowest BCUT2D eigenvalue weighted by Gasteiger charge is -2.08. The first-order chi connectivity index (χ1) is 7.86. The maximum atomic E-state index is 5.79. The third kappa shape index (κ3) is 2.12. The van der Waals surface area contributed by atoms with Crippen molar-refractivity contribution in [2.24, 2.45) is 5.73 Å². The molecule has 0 aliphatic carbocycles. The summed E-state index contributed by atoms with van der Waals surface area (Å²) in [5.74, 6) is 0. The van der Waals surface area contributed by atoms with Crippen molar-refractivity contribution < 1.29 is 0 Å². The van der Waals surface area contributed by atoms with E-state index in [4.69, 9.17) is 5.73 Å². The molecule has 16 heavy (non-hydrogen) atoms. The van der Waals surface area contributed by atoms with Crippen LogP contribution in [0.4, 0.5) is 0 Å². The van der Waals surface area contributed by atoms with Gasteiger partial charge < -0.3 is 10.3 Å². The number of hydrogen-bond acceptors (Lipinski definition) is 1. The van der Waals surface area contributed by atoms with E-state index in [2.05, 4.69) is 42.0 Å². The number of fused-ring (bicyclic) bond motifs is 1. The number of benzene rings is 1. The molecule has 0 atom stereocenters. The molecule has 0 spiro atoms. The molecule has 1 aromatic carbocycles. The first kappa shape index (κ1) is 11.2. The second-order valence-electron chi connectivity index (χ2n) is 4.28. The van der Waals surface area contributed by atoms with E-state index >= 15 is 0 Å². The van der Waals surface area contributed by atoms with Gasteiger partial charge in [-0.1, -0.05) is 38.0 Å². The van der Waals surface area contributed by atoms with Gasteiger partial charge in [-0.2, -0.15) is 0 Å². The summed E-state index contributed by atoms with van der Waals surface area (Å²) in [6, 6.07) is 8.55. The summed E-state index contributed by atoms with van der Waals surface area (Å²) in [5.41, 5.74) is 8.36. The normalized spacial score (nSPS) is 11.1. The molecule has 0 aliphatic rings. The molecule has 2 N–H and O–H groups in total. The molecule has 0 saturated carbocycles. The monoisotopic (exact) mass is 216 g/mol. The van der Waals surface area contributed by atoms with Gasteiger partial charge in [-0.25, -0.2) is 0 Å². The molecule has 1 heterocycles. The number of aryl methyl sites for hydroxylation is 1. The molecule has 0 unspecified atom stereocenters. The highest BCUT2D eigenvalue weighted by Gasteiger charge is 2.04. The number of nitrogens with zero attached hydrogens (tertiary/aromatic N) is 1. The summed E-state index contributed by atoms with van der Waals surface area (Å²) in [6.07, 6.45) is 5.99. The third-order valence-electron chi connectivity index (χ3n) is 3.09. The molecule has 2 aromatic rings. The standard InChI is InChI=1S/C14H20N2/c1-2-3-4-9-16-10-8-12-6-5-7-13(11-15)14(12)16/h5-8,10H,2-4,9,11,15H2,1H3. The van der Waals surface area contributed by atoms with Crippen molar-refractivity contribution in [3.63, 3.8) is 0 Å². The highest BCUT2D eigenvalue weighted by Crippen LogP contribution is 2.20. The van der Waals surface area contributed by atoms with E-state index in [0.717, 1.165) is 6.54 Å². The Morgan fingerprint density at radius 3 is 2.81 bits per heavy atom. The Kier molecular flexibility index (Phi) is 3.62. The Morgan fingerprint density at radius 1 is 1.19 bits per heavy atom. The molecule has 2 heteroatoms. The molecule has 0 bridgehead atoms.